The van der Waals surface area contributed by atoms with Crippen LogP contribution in [-0.2, 0) is 12.8 Å². The Labute approximate surface area is 97.1 Å². The molecule has 1 aromatic heterocycles. The lowest BCUT2D eigenvalue weighted by atomic mass is 10.2. The molecule has 90 valence electrons. The van der Waals surface area contributed by atoms with Crippen molar-refractivity contribution in [3.05, 3.63) is 11.4 Å². The molecule has 1 heterocycles. The molecule has 0 saturated heterocycles. The summed E-state index contributed by atoms with van der Waals surface area (Å²) in [6.07, 6.45) is 1.76. The zero-order valence-electron chi connectivity index (χ0n) is 10.6. The molecule has 16 heavy (non-hydrogen) atoms. The number of nitrogens with zero attached hydrogens (tertiary/aromatic N) is 4. The zero-order chi connectivity index (χ0) is 12.1. The van der Waals surface area contributed by atoms with E-state index in [0.29, 0.717) is 5.95 Å². The van der Waals surface area contributed by atoms with Gasteiger partial charge in [0.2, 0.25) is 5.95 Å². The highest BCUT2D eigenvalue weighted by Crippen LogP contribution is 2.09. The summed E-state index contributed by atoms with van der Waals surface area (Å²) >= 11 is 0. The van der Waals surface area contributed by atoms with E-state index in [1.165, 1.54) is 0 Å². The molecule has 0 bridgehead atoms. The van der Waals surface area contributed by atoms with Crippen molar-refractivity contribution in [2.45, 2.75) is 39.7 Å². The summed E-state index contributed by atoms with van der Waals surface area (Å²) in [6, 6.07) is 0.101. The minimum atomic E-state index is 0.101. The van der Waals surface area contributed by atoms with Gasteiger partial charge in [-0.2, -0.15) is 5.10 Å². The molecule has 0 fully saturated rings. The van der Waals surface area contributed by atoms with Crippen molar-refractivity contribution in [1.29, 1.82) is 0 Å². The van der Waals surface area contributed by atoms with E-state index in [0.717, 1.165) is 30.8 Å². The number of rotatable bonds is 5. The lowest BCUT2D eigenvalue weighted by Gasteiger charge is -2.19. The number of hydrogen-bond donors (Lipinski definition) is 1. The topological polar surface area (TPSA) is 67.9 Å². The second kappa shape index (κ2) is 5.75. The number of aromatic nitrogens is 3. The Hall–Kier alpha value is -1.23. The molecule has 1 atom stereocenters. The van der Waals surface area contributed by atoms with Gasteiger partial charge in [0, 0.05) is 19.6 Å². The fourth-order valence-corrected chi connectivity index (χ4v) is 1.60. The molecule has 0 spiro atoms. The van der Waals surface area contributed by atoms with Crippen molar-refractivity contribution in [2.24, 2.45) is 5.73 Å². The van der Waals surface area contributed by atoms with Gasteiger partial charge in [-0.15, -0.1) is 5.10 Å². The molecular formula is C11H21N5. The maximum atomic E-state index is 5.74. The van der Waals surface area contributed by atoms with Crippen molar-refractivity contribution in [3.63, 3.8) is 0 Å². The maximum Gasteiger partial charge on any atom is 0.245 e. The second-order valence-corrected chi connectivity index (χ2v) is 4.07. The summed E-state index contributed by atoms with van der Waals surface area (Å²) in [5.74, 6) is 0.659. The lowest BCUT2D eigenvalue weighted by Crippen LogP contribution is -2.34. The van der Waals surface area contributed by atoms with Gasteiger partial charge in [-0.25, -0.2) is 4.98 Å². The predicted molar refractivity (Wildman–Crippen MR) is 65.5 cm³/mol. The molecule has 0 aliphatic heterocycles. The average Bonchev–Trinajstić information content (AvgIpc) is 2.27. The Morgan fingerprint density at radius 1 is 1.19 bits per heavy atom. The van der Waals surface area contributed by atoms with Crippen molar-refractivity contribution in [2.75, 3.05) is 18.5 Å². The summed E-state index contributed by atoms with van der Waals surface area (Å²) in [7, 11) is 1.94. The van der Waals surface area contributed by atoms with Crippen LogP contribution in [0.3, 0.4) is 0 Å². The zero-order valence-corrected chi connectivity index (χ0v) is 10.6. The molecule has 0 aliphatic carbocycles. The first-order valence-electron chi connectivity index (χ1n) is 5.77. The standard InChI is InChI=1S/C11H21N5/c1-5-9-10(6-2)14-15-11(13-9)16(4)7-8(3)12/h8H,5-7,12H2,1-4H3. The highest BCUT2D eigenvalue weighted by molar-refractivity contribution is 5.29. The van der Waals surface area contributed by atoms with E-state index in [1.54, 1.807) is 0 Å². The lowest BCUT2D eigenvalue weighted by molar-refractivity contribution is 0.689. The first-order valence-corrected chi connectivity index (χ1v) is 5.77. The normalized spacial score (nSPS) is 12.6. The van der Waals surface area contributed by atoms with Crippen LogP contribution in [0.15, 0.2) is 0 Å². The molecular weight excluding hydrogens is 202 g/mol. The van der Waals surface area contributed by atoms with Crippen LogP contribution in [0, 0.1) is 0 Å². The number of nitrogens with two attached hydrogens (primary N) is 1. The smallest absolute Gasteiger partial charge is 0.245 e. The first-order chi connectivity index (χ1) is 7.58. The monoisotopic (exact) mass is 223 g/mol. The largest absolute Gasteiger partial charge is 0.341 e. The third-order valence-electron chi connectivity index (χ3n) is 2.40. The Kier molecular flexibility index (Phi) is 4.61. The van der Waals surface area contributed by atoms with Crippen molar-refractivity contribution in [1.82, 2.24) is 15.2 Å². The van der Waals surface area contributed by atoms with Gasteiger partial charge < -0.3 is 10.6 Å². The van der Waals surface area contributed by atoms with Crippen LogP contribution in [0.1, 0.15) is 32.2 Å². The van der Waals surface area contributed by atoms with Crippen LogP contribution in [0.4, 0.5) is 5.95 Å². The fourth-order valence-electron chi connectivity index (χ4n) is 1.60. The van der Waals surface area contributed by atoms with E-state index in [2.05, 4.69) is 29.0 Å². The molecule has 5 heteroatoms. The van der Waals surface area contributed by atoms with Gasteiger partial charge in [-0.1, -0.05) is 13.8 Å². The number of hydrogen-bond acceptors (Lipinski definition) is 5. The molecule has 1 aromatic rings. The Morgan fingerprint density at radius 3 is 2.31 bits per heavy atom. The van der Waals surface area contributed by atoms with E-state index in [4.69, 9.17) is 5.73 Å². The Morgan fingerprint density at radius 2 is 1.81 bits per heavy atom. The molecule has 1 unspecified atom stereocenters. The average molecular weight is 223 g/mol. The van der Waals surface area contributed by atoms with E-state index < -0.39 is 0 Å². The molecule has 0 radical (unpaired) electrons. The van der Waals surface area contributed by atoms with E-state index in [1.807, 2.05) is 18.9 Å². The number of aryl methyl sites for hydroxylation is 2. The van der Waals surface area contributed by atoms with Gasteiger partial charge in [-0.3, -0.25) is 0 Å². The fraction of sp³-hybridized carbons (Fsp3) is 0.727. The molecule has 0 aliphatic rings. The maximum absolute atomic E-state index is 5.74. The van der Waals surface area contributed by atoms with Gasteiger partial charge >= 0.3 is 0 Å². The second-order valence-electron chi connectivity index (χ2n) is 4.07. The molecule has 2 N–H and O–H groups in total. The van der Waals surface area contributed by atoms with E-state index in [-0.39, 0.29) is 6.04 Å². The molecule has 1 rings (SSSR count). The third-order valence-corrected chi connectivity index (χ3v) is 2.40. The minimum absolute atomic E-state index is 0.101. The first kappa shape index (κ1) is 12.8. The summed E-state index contributed by atoms with van der Waals surface area (Å²) < 4.78 is 0. The molecule has 0 saturated carbocycles. The SMILES string of the molecule is CCc1nnc(N(C)CC(C)N)nc1CC. The van der Waals surface area contributed by atoms with E-state index >= 15 is 0 Å². The minimum Gasteiger partial charge on any atom is -0.341 e. The summed E-state index contributed by atoms with van der Waals surface area (Å²) in [5.41, 5.74) is 7.76. The summed E-state index contributed by atoms with van der Waals surface area (Å²) in [4.78, 5) is 6.45. The van der Waals surface area contributed by atoms with Crippen LogP contribution in [0.5, 0.6) is 0 Å². The summed E-state index contributed by atoms with van der Waals surface area (Å²) in [5, 5.41) is 8.32. The van der Waals surface area contributed by atoms with Crippen molar-refractivity contribution < 1.29 is 0 Å². The van der Waals surface area contributed by atoms with Gasteiger partial charge in [0.25, 0.3) is 0 Å². The van der Waals surface area contributed by atoms with Crippen molar-refractivity contribution >= 4 is 5.95 Å². The van der Waals surface area contributed by atoms with Gasteiger partial charge in [0.1, 0.15) is 0 Å². The number of anilines is 1. The number of likely N-dealkylation sites (N-methyl/N-ethyl adjacent to an activating group) is 1. The summed E-state index contributed by atoms with van der Waals surface area (Å²) in [6.45, 7) is 6.84. The highest BCUT2D eigenvalue weighted by Gasteiger charge is 2.10. The van der Waals surface area contributed by atoms with Crippen LogP contribution < -0.4 is 10.6 Å². The highest BCUT2D eigenvalue weighted by atomic mass is 15.3. The quantitative estimate of drug-likeness (QED) is 0.799. The molecule has 0 aromatic carbocycles. The Balaban J connectivity index is 2.89. The van der Waals surface area contributed by atoms with Gasteiger partial charge in [0.05, 0.1) is 11.4 Å². The Bertz CT molecular complexity index is 337. The van der Waals surface area contributed by atoms with Crippen LogP contribution in [-0.4, -0.2) is 34.8 Å². The van der Waals surface area contributed by atoms with Crippen LogP contribution >= 0.6 is 0 Å². The third kappa shape index (κ3) is 3.13. The molecule has 5 nitrogen and oxygen atoms in total. The van der Waals surface area contributed by atoms with Crippen molar-refractivity contribution in [3.8, 4) is 0 Å². The van der Waals surface area contributed by atoms with Crippen LogP contribution in [0.2, 0.25) is 0 Å². The molecule has 0 amide bonds. The van der Waals surface area contributed by atoms with E-state index in [9.17, 15) is 0 Å². The predicted octanol–water partition coefficient (Wildman–Crippen LogP) is 0.780. The van der Waals surface area contributed by atoms with Gasteiger partial charge in [-0.05, 0) is 19.8 Å². The van der Waals surface area contributed by atoms with Crippen LogP contribution in [0.25, 0.3) is 0 Å². The van der Waals surface area contributed by atoms with Gasteiger partial charge in [0.15, 0.2) is 0 Å².